The molecule has 0 amide bonds. The lowest BCUT2D eigenvalue weighted by atomic mass is 10.1. The largest absolute Gasteiger partial charge is 0.351 e. The summed E-state index contributed by atoms with van der Waals surface area (Å²) in [5.41, 5.74) is 2.92. The average Bonchev–Trinajstić information content (AvgIpc) is 3.04. The van der Waals surface area contributed by atoms with Crippen LogP contribution in [0.25, 0.3) is 0 Å². The van der Waals surface area contributed by atoms with Gasteiger partial charge in [0.1, 0.15) is 0 Å². The van der Waals surface area contributed by atoms with Crippen LogP contribution in [0.15, 0.2) is 12.3 Å². The first-order chi connectivity index (χ1) is 8.16. The van der Waals surface area contributed by atoms with Crippen LogP contribution < -0.4 is 5.32 Å². The van der Waals surface area contributed by atoms with Crippen molar-refractivity contribution < 1.29 is 0 Å². The molecule has 1 aliphatic rings. The molecule has 96 valence electrons. The first-order valence-corrected chi connectivity index (χ1v) is 7.05. The fourth-order valence-electron chi connectivity index (χ4n) is 2.24. The Kier molecular flexibility index (Phi) is 4.27. The lowest BCUT2D eigenvalue weighted by Gasteiger charge is -2.09. The summed E-state index contributed by atoms with van der Waals surface area (Å²) < 4.78 is 2.41. The molecule has 0 radical (unpaired) electrons. The van der Waals surface area contributed by atoms with Gasteiger partial charge in [-0.2, -0.15) is 0 Å². The summed E-state index contributed by atoms with van der Waals surface area (Å²) >= 11 is 0. The molecule has 0 spiro atoms. The van der Waals surface area contributed by atoms with E-state index in [1.165, 1.54) is 43.5 Å². The maximum Gasteiger partial charge on any atom is 0.0225 e. The summed E-state index contributed by atoms with van der Waals surface area (Å²) in [6.45, 7) is 9.07. The molecule has 1 fully saturated rings. The highest BCUT2D eigenvalue weighted by molar-refractivity contribution is 5.21. The molecule has 2 nitrogen and oxygen atoms in total. The molecule has 1 aromatic rings. The molecule has 0 bridgehead atoms. The predicted octanol–water partition coefficient (Wildman–Crippen LogP) is 3.48. The molecule has 1 N–H and O–H groups in total. The van der Waals surface area contributed by atoms with E-state index >= 15 is 0 Å². The highest BCUT2D eigenvalue weighted by atomic mass is 15.0. The fourth-order valence-corrected chi connectivity index (χ4v) is 2.24. The van der Waals surface area contributed by atoms with Crippen molar-refractivity contribution in [2.45, 2.75) is 65.6 Å². The summed E-state index contributed by atoms with van der Waals surface area (Å²) in [5.74, 6) is 0.821. The zero-order chi connectivity index (χ0) is 12.3. The normalized spacial score (nSPS) is 15.8. The second kappa shape index (κ2) is 5.72. The maximum absolute atomic E-state index is 3.59. The molecule has 1 aromatic heterocycles. The SMILES string of the molecule is Cc1c(CNC2CC2)ccn1CCCC(C)C. The Labute approximate surface area is 105 Å². The third-order valence-electron chi connectivity index (χ3n) is 3.69. The number of hydrogen-bond acceptors (Lipinski definition) is 1. The Morgan fingerprint density at radius 3 is 2.82 bits per heavy atom. The van der Waals surface area contributed by atoms with Gasteiger partial charge in [0, 0.05) is 31.0 Å². The Morgan fingerprint density at radius 1 is 1.41 bits per heavy atom. The Bertz CT molecular complexity index is 348. The monoisotopic (exact) mass is 234 g/mol. The van der Waals surface area contributed by atoms with Crippen LogP contribution >= 0.6 is 0 Å². The van der Waals surface area contributed by atoms with E-state index in [1.807, 2.05) is 0 Å². The molecule has 0 aromatic carbocycles. The molecular weight excluding hydrogens is 208 g/mol. The van der Waals surface area contributed by atoms with Crippen LogP contribution in [0.2, 0.25) is 0 Å². The average molecular weight is 234 g/mol. The first-order valence-electron chi connectivity index (χ1n) is 7.05. The van der Waals surface area contributed by atoms with E-state index in [-0.39, 0.29) is 0 Å². The van der Waals surface area contributed by atoms with Crippen molar-refractivity contribution in [3.05, 3.63) is 23.5 Å². The Morgan fingerprint density at radius 2 is 2.18 bits per heavy atom. The van der Waals surface area contributed by atoms with Gasteiger partial charge >= 0.3 is 0 Å². The molecule has 2 rings (SSSR count). The molecule has 1 heterocycles. The second-order valence-electron chi connectivity index (χ2n) is 5.81. The highest BCUT2D eigenvalue weighted by Gasteiger charge is 2.20. The summed E-state index contributed by atoms with van der Waals surface area (Å²) in [4.78, 5) is 0. The van der Waals surface area contributed by atoms with Gasteiger partial charge in [0.15, 0.2) is 0 Å². The van der Waals surface area contributed by atoms with Crippen molar-refractivity contribution in [1.29, 1.82) is 0 Å². The number of nitrogens with zero attached hydrogens (tertiary/aromatic N) is 1. The third kappa shape index (κ3) is 3.88. The molecule has 2 heteroatoms. The van der Waals surface area contributed by atoms with Gasteiger partial charge in [-0.15, -0.1) is 0 Å². The van der Waals surface area contributed by atoms with Gasteiger partial charge in [0.2, 0.25) is 0 Å². The zero-order valence-electron chi connectivity index (χ0n) is 11.5. The molecule has 1 aliphatic carbocycles. The van der Waals surface area contributed by atoms with Crippen molar-refractivity contribution in [2.75, 3.05) is 0 Å². The van der Waals surface area contributed by atoms with E-state index in [9.17, 15) is 0 Å². The van der Waals surface area contributed by atoms with Crippen LogP contribution in [0.4, 0.5) is 0 Å². The summed E-state index contributed by atoms with van der Waals surface area (Å²) in [5, 5.41) is 3.59. The Balaban J connectivity index is 1.80. The summed E-state index contributed by atoms with van der Waals surface area (Å²) in [7, 11) is 0. The first kappa shape index (κ1) is 12.7. The van der Waals surface area contributed by atoms with Crippen LogP contribution in [0.1, 0.15) is 50.8 Å². The summed E-state index contributed by atoms with van der Waals surface area (Å²) in [6.07, 6.45) is 7.61. The van der Waals surface area contributed by atoms with Gasteiger partial charge in [-0.25, -0.2) is 0 Å². The molecular formula is C15H26N2. The Hall–Kier alpha value is -0.760. The van der Waals surface area contributed by atoms with E-state index in [2.05, 4.69) is 42.9 Å². The highest BCUT2D eigenvalue weighted by Crippen LogP contribution is 2.20. The lowest BCUT2D eigenvalue weighted by molar-refractivity contribution is 0.508. The zero-order valence-corrected chi connectivity index (χ0v) is 11.5. The topological polar surface area (TPSA) is 17.0 Å². The van der Waals surface area contributed by atoms with Crippen LogP contribution in [0.3, 0.4) is 0 Å². The van der Waals surface area contributed by atoms with Crippen LogP contribution in [0.5, 0.6) is 0 Å². The van der Waals surface area contributed by atoms with Crippen LogP contribution in [-0.2, 0) is 13.1 Å². The van der Waals surface area contributed by atoms with Gasteiger partial charge < -0.3 is 9.88 Å². The molecule has 0 atom stereocenters. The minimum absolute atomic E-state index is 0.804. The van der Waals surface area contributed by atoms with Gasteiger partial charge in [-0.1, -0.05) is 13.8 Å². The number of nitrogens with one attached hydrogen (secondary N) is 1. The molecule has 0 unspecified atom stereocenters. The minimum Gasteiger partial charge on any atom is -0.351 e. The van der Waals surface area contributed by atoms with E-state index < -0.39 is 0 Å². The van der Waals surface area contributed by atoms with Crippen molar-refractivity contribution in [3.8, 4) is 0 Å². The molecule has 0 saturated heterocycles. The lowest BCUT2D eigenvalue weighted by Crippen LogP contribution is -2.15. The number of aromatic nitrogens is 1. The standard InChI is InChI=1S/C15H26N2/c1-12(2)5-4-9-17-10-8-14(13(17)3)11-16-15-6-7-15/h8,10,12,15-16H,4-7,9,11H2,1-3H3. The van der Waals surface area contributed by atoms with Crippen molar-refractivity contribution >= 4 is 0 Å². The van der Waals surface area contributed by atoms with Gasteiger partial charge in [-0.3, -0.25) is 0 Å². The van der Waals surface area contributed by atoms with Crippen LogP contribution in [-0.4, -0.2) is 10.6 Å². The molecule has 1 saturated carbocycles. The van der Waals surface area contributed by atoms with E-state index in [4.69, 9.17) is 0 Å². The molecule has 17 heavy (non-hydrogen) atoms. The van der Waals surface area contributed by atoms with Crippen molar-refractivity contribution in [3.63, 3.8) is 0 Å². The fraction of sp³-hybridized carbons (Fsp3) is 0.733. The molecule has 0 aliphatic heterocycles. The van der Waals surface area contributed by atoms with Gasteiger partial charge in [0.05, 0.1) is 0 Å². The van der Waals surface area contributed by atoms with E-state index in [0.29, 0.717) is 0 Å². The predicted molar refractivity (Wildman–Crippen MR) is 73.1 cm³/mol. The van der Waals surface area contributed by atoms with Gasteiger partial charge in [0.25, 0.3) is 0 Å². The van der Waals surface area contributed by atoms with Gasteiger partial charge in [-0.05, 0) is 50.2 Å². The van der Waals surface area contributed by atoms with Crippen molar-refractivity contribution in [1.82, 2.24) is 9.88 Å². The number of hydrogen-bond donors (Lipinski definition) is 1. The third-order valence-corrected chi connectivity index (χ3v) is 3.69. The smallest absolute Gasteiger partial charge is 0.0225 e. The minimum atomic E-state index is 0.804. The number of rotatable bonds is 7. The van der Waals surface area contributed by atoms with Crippen LogP contribution in [0, 0.1) is 12.8 Å². The summed E-state index contributed by atoms with van der Waals surface area (Å²) in [6, 6.07) is 3.08. The quantitative estimate of drug-likeness (QED) is 0.764. The maximum atomic E-state index is 3.59. The van der Waals surface area contributed by atoms with Crippen molar-refractivity contribution in [2.24, 2.45) is 5.92 Å². The number of aryl methyl sites for hydroxylation is 1. The van der Waals surface area contributed by atoms with E-state index in [1.54, 1.807) is 0 Å². The van der Waals surface area contributed by atoms with E-state index in [0.717, 1.165) is 18.5 Å². The second-order valence-corrected chi connectivity index (χ2v) is 5.81.